The topological polar surface area (TPSA) is 50.8 Å². The molecule has 0 bridgehead atoms. The summed E-state index contributed by atoms with van der Waals surface area (Å²) in [6.45, 7) is 6.38. The molecule has 0 aliphatic carbocycles. The Balaban J connectivity index is 2.11. The van der Waals surface area contributed by atoms with Gasteiger partial charge in [-0.1, -0.05) is 0 Å². The van der Waals surface area contributed by atoms with E-state index in [-0.39, 0.29) is 17.4 Å². The summed E-state index contributed by atoms with van der Waals surface area (Å²) in [5.41, 5.74) is -0.328. The molecule has 1 amide bonds. The maximum absolute atomic E-state index is 12.8. The molecule has 2 saturated heterocycles. The molecular weight excluding hydrogens is 232 g/mol. The number of rotatable bonds is 3. The first-order valence-electron chi connectivity index (χ1n) is 6.78. The molecule has 2 heterocycles. The van der Waals surface area contributed by atoms with Crippen LogP contribution < -0.4 is 5.32 Å². The Bertz CT molecular complexity index is 284. The molecule has 0 radical (unpaired) electrons. The van der Waals surface area contributed by atoms with Crippen LogP contribution in [-0.4, -0.2) is 63.4 Å². The van der Waals surface area contributed by atoms with E-state index >= 15 is 0 Å². The van der Waals surface area contributed by atoms with Crippen LogP contribution in [0.5, 0.6) is 0 Å². The number of morpholine rings is 1. The van der Waals surface area contributed by atoms with E-state index in [1.807, 2.05) is 4.90 Å². The van der Waals surface area contributed by atoms with Gasteiger partial charge in [0, 0.05) is 13.7 Å². The van der Waals surface area contributed by atoms with Gasteiger partial charge in [0.25, 0.3) is 0 Å². The van der Waals surface area contributed by atoms with Crippen molar-refractivity contribution < 1.29 is 14.3 Å². The summed E-state index contributed by atoms with van der Waals surface area (Å²) in [6.07, 6.45) is 1.73. The van der Waals surface area contributed by atoms with Crippen LogP contribution in [0.2, 0.25) is 0 Å². The lowest BCUT2D eigenvalue weighted by Crippen LogP contribution is -2.56. The molecule has 5 heteroatoms. The van der Waals surface area contributed by atoms with Crippen LogP contribution in [-0.2, 0) is 14.3 Å². The zero-order chi connectivity index (χ0) is 13.0. The van der Waals surface area contributed by atoms with Gasteiger partial charge in [-0.15, -0.1) is 0 Å². The van der Waals surface area contributed by atoms with Crippen molar-refractivity contribution in [1.29, 1.82) is 0 Å². The summed E-state index contributed by atoms with van der Waals surface area (Å²) in [5, 5.41) is 3.32. The highest BCUT2D eigenvalue weighted by molar-refractivity contribution is 5.83. The second-order valence-electron chi connectivity index (χ2n) is 5.39. The monoisotopic (exact) mass is 256 g/mol. The number of ether oxygens (including phenoxy) is 2. The van der Waals surface area contributed by atoms with E-state index < -0.39 is 0 Å². The first-order chi connectivity index (χ1) is 8.69. The normalized spacial score (nSPS) is 28.1. The minimum absolute atomic E-state index is 0.176. The zero-order valence-electron chi connectivity index (χ0n) is 11.4. The van der Waals surface area contributed by atoms with Crippen LogP contribution in [0.1, 0.15) is 19.8 Å². The van der Waals surface area contributed by atoms with Gasteiger partial charge in [0.15, 0.2) is 0 Å². The van der Waals surface area contributed by atoms with Crippen molar-refractivity contribution in [2.24, 2.45) is 5.41 Å². The third-order valence-corrected chi connectivity index (χ3v) is 4.06. The highest BCUT2D eigenvalue weighted by Gasteiger charge is 2.43. The van der Waals surface area contributed by atoms with Gasteiger partial charge in [0.05, 0.1) is 31.3 Å². The zero-order valence-corrected chi connectivity index (χ0v) is 11.4. The number of hydrogen-bond donors (Lipinski definition) is 1. The maximum Gasteiger partial charge on any atom is 0.231 e. The number of carbonyl (C=O) groups excluding carboxylic acids is 1. The van der Waals surface area contributed by atoms with Crippen LogP contribution in [0.25, 0.3) is 0 Å². The van der Waals surface area contributed by atoms with E-state index in [1.165, 1.54) is 0 Å². The van der Waals surface area contributed by atoms with Crippen LogP contribution in [0.3, 0.4) is 0 Å². The largest absolute Gasteiger partial charge is 0.384 e. The van der Waals surface area contributed by atoms with Crippen molar-refractivity contribution in [3.8, 4) is 0 Å². The van der Waals surface area contributed by atoms with E-state index in [0.29, 0.717) is 26.4 Å². The third-order valence-electron chi connectivity index (χ3n) is 4.06. The molecule has 1 atom stereocenters. The smallest absolute Gasteiger partial charge is 0.231 e. The summed E-state index contributed by atoms with van der Waals surface area (Å²) in [4.78, 5) is 14.8. The Labute approximate surface area is 109 Å². The maximum atomic E-state index is 12.8. The summed E-state index contributed by atoms with van der Waals surface area (Å²) < 4.78 is 10.7. The van der Waals surface area contributed by atoms with Crippen molar-refractivity contribution >= 4 is 5.91 Å². The molecule has 5 nitrogen and oxygen atoms in total. The lowest BCUT2D eigenvalue weighted by atomic mass is 9.78. The van der Waals surface area contributed by atoms with Crippen LogP contribution in [0.4, 0.5) is 0 Å². The van der Waals surface area contributed by atoms with Crippen LogP contribution in [0.15, 0.2) is 0 Å². The molecule has 1 unspecified atom stereocenters. The molecule has 0 aromatic rings. The number of hydrogen-bond acceptors (Lipinski definition) is 4. The summed E-state index contributed by atoms with van der Waals surface area (Å²) in [6, 6.07) is 0.176. The van der Waals surface area contributed by atoms with Crippen molar-refractivity contribution in [3.05, 3.63) is 0 Å². The average molecular weight is 256 g/mol. The molecule has 1 N–H and O–H groups in total. The number of piperidine rings is 1. The van der Waals surface area contributed by atoms with Gasteiger partial charge in [0.1, 0.15) is 0 Å². The van der Waals surface area contributed by atoms with E-state index in [4.69, 9.17) is 9.47 Å². The Morgan fingerprint density at radius 2 is 2.22 bits per heavy atom. The van der Waals surface area contributed by atoms with Crippen LogP contribution >= 0.6 is 0 Å². The van der Waals surface area contributed by atoms with Crippen molar-refractivity contribution in [3.63, 3.8) is 0 Å². The fraction of sp³-hybridized carbons (Fsp3) is 0.923. The average Bonchev–Trinajstić information content (AvgIpc) is 2.40. The molecule has 2 aliphatic heterocycles. The summed E-state index contributed by atoms with van der Waals surface area (Å²) in [5.74, 6) is 0.252. The van der Waals surface area contributed by atoms with Gasteiger partial charge >= 0.3 is 0 Å². The number of methoxy groups -OCH3 is 1. The van der Waals surface area contributed by atoms with Crippen molar-refractivity contribution in [2.75, 3.05) is 46.6 Å². The minimum atomic E-state index is -0.328. The first-order valence-corrected chi connectivity index (χ1v) is 6.78. The Morgan fingerprint density at radius 3 is 2.83 bits per heavy atom. The molecule has 2 aliphatic rings. The van der Waals surface area contributed by atoms with Gasteiger partial charge in [-0.3, -0.25) is 4.79 Å². The molecule has 104 valence electrons. The molecule has 18 heavy (non-hydrogen) atoms. The quantitative estimate of drug-likeness (QED) is 0.786. The van der Waals surface area contributed by atoms with E-state index in [9.17, 15) is 4.79 Å². The predicted octanol–water partition coefficient (Wildman–Crippen LogP) is 0.250. The lowest BCUT2D eigenvalue weighted by Gasteiger charge is -2.43. The highest BCUT2D eigenvalue weighted by atomic mass is 16.5. The fourth-order valence-electron chi connectivity index (χ4n) is 2.94. The molecule has 0 aromatic carbocycles. The molecule has 0 aromatic heterocycles. The number of amides is 1. The number of nitrogens with zero attached hydrogens (tertiary/aromatic N) is 1. The Morgan fingerprint density at radius 1 is 1.50 bits per heavy atom. The van der Waals surface area contributed by atoms with Gasteiger partial charge in [0.2, 0.25) is 5.91 Å². The molecular formula is C13H24N2O3. The summed E-state index contributed by atoms with van der Waals surface area (Å²) >= 11 is 0. The SMILES string of the molecule is COCC1(C(=O)N2CCOCC2C)CCNCC1. The molecule has 0 spiro atoms. The van der Waals surface area contributed by atoms with Crippen LogP contribution in [0, 0.1) is 5.41 Å². The van der Waals surface area contributed by atoms with E-state index in [0.717, 1.165) is 25.9 Å². The summed E-state index contributed by atoms with van der Waals surface area (Å²) in [7, 11) is 1.68. The van der Waals surface area contributed by atoms with Gasteiger partial charge in [-0.05, 0) is 32.9 Å². The number of nitrogens with one attached hydrogen (secondary N) is 1. The van der Waals surface area contributed by atoms with E-state index in [2.05, 4.69) is 12.2 Å². The van der Waals surface area contributed by atoms with Gasteiger partial charge < -0.3 is 19.7 Å². The minimum Gasteiger partial charge on any atom is -0.384 e. The second kappa shape index (κ2) is 5.99. The van der Waals surface area contributed by atoms with Gasteiger partial charge in [-0.2, -0.15) is 0 Å². The van der Waals surface area contributed by atoms with Gasteiger partial charge in [-0.25, -0.2) is 0 Å². The first kappa shape index (κ1) is 13.8. The second-order valence-corrected chi connectivity index (χ2v) is 5.39. The Hall–Kier alpha value is -0.650. The third kappa shape index (κ3) is 2.68. The van der Waals surface area contributed by atoms with Crippen molar-refractivity contribution in [2.45, 2.75) is 25.8 Å². The highest BCUT2D eigenvalue weighted by Crippen LogP contribution is 2.32. The van der Waals surface area contributed by atoms with Crippen molar-refractivity contribution in [1.82, 2.24) is 10.2 Å². The predicted molar refractivity (Wildman–Crippen MR) is 68.4 cm³/mol. The molecule has 2 fully saturated rings. The lowest BCUT2D eigenvalue weighted by molar-refractivity contribution is -0.155. The Kier molecular flexibility index (Phi) is 4.59. The fourth-order valence-corrected chi connectivity index (χ4v) is 2.94. The number of carbonyl (C=O) groups is 1. The molecule has 2 rings (SSSR count). The van der Waals surface area contributed by atoms with E-state index in [1.54, 1.807) is 7.11 Å². The molecule has 0 saturated carbocycles. The standard InChI is InChI=1S/C13H24N2O3/c1-11-9-18-8-7-15(11)12(16)13(10-17-2)3-5-14-6-4-13/h11,14H,3-10H2,1-2H3.